The van der Waals surface area contributed by atoms with Crippen LogP contribution in [0.5, 0.6) is 0 Å². The summed E-state index contributed by atoms with van der Waals surface area (Å²) in [5.41, 5.74) is 2.16. The molecule has 0 heterocycles. The van der Waals surface area contributed by atoms with E-state index in [-0.39, 0.29) is 16.4 Å². The third-order valence-corrected chi connectivity index (χ3v) is 6.93. The lowest BCUT2D eigenvalue weighted by atomic mass is 10.1. The Labute approximate surface area is 155 Å². The van der Waals surface area contributed by atoms with E-state index in [9.17, 15) is 16.8 Å². The van der Waals surface area contributed by atoms with Crippen LogP contribution < -0.4 is 4.72 Å². The zero-order chi connectivity index (χ0) is 19.5. The van der Waals surface area contributed by atoms with Gasteiger partial charge in [0.2, 0.25) is 10.0 Å². The smallest absolute Gasteiger partial charge is 0.265 e. The summed E-state index contributed by atoms with van der Waals surface area (Å²) in [5.74, 6) is 0. The molecule has 0 radical (unpaired) electrons. The first-order chi connectivity index (χ1) is 12.0. The normalized spacial score (nSPS) is 13.5. The largest absolute Gasteiger partial charge is 0.297 e. The minimum atomic E-state index is -3.99. The molecule has 2 aromatic rings. The van der Waals surface area contributed by atoms with E-state index in [1.807, 2.05) is 6.92 Å². The molecule has 6 nitrogen and oxygen atoms in total. The van der Waals surface area contributed by atoms with Crippen molar-refractivity contribution in [3.05, 3.63) is 59.2 Å². The van der Waals surface area contributed by atoms with E-state index in [1.165, 1.54) is 12.1 Å². The minimum Gasteiger partial charge on any atom is -0.265 e. The lowest BCUT2D eigenvalue weighted by Crippen LogP contribution is -2.36. The van der Waals surface area contributed by atoms with Gasteiger partial charge in [-0.2, -0.15) is 8.42 Å². The molecule has 1 atom stereocenters. The second-order valence-corrected chi connectivity index (χ2v) is 9.57. The molecular weight excluding hydrogens is 374 g/mol. The van der Waals surface area contributed by atoms with E-state index in [0.29, 0.717) is 11.1 Å². The molecule has 2 rings (SSSR count). The predicted molar refractivity (Wildman–Crippen MR) is 100 cm³/mol. The summed E-state index contributed by atoms with van der Waals surface area (Å²) in [6.07, 6.45) is 0. The highest BCUT2D eigenvalue weighted by atomic mass is 32.2. The third kappa shape index (κ3) is 4.91. The number of benzene rings is 2. The zero-order valence-corrected chi connectivity index (χ0v) is 16.8. The first-order valence-corrected chi connectivity index (χ1v) is 11.0. The van der Waals surface area contributed by atoms with Crippen LogP contribution in [-0.2, 0) is 24.3 Å². The van der Waals surface area contributed by atoms with Crippen LogP contribution in [0, 0.1) is 20.8 Å². The lowest BCUT2D eigenvalue weighted by molar-refractivity contribution is 0.290. The summed E-state index contributed by atoms with van der Waals surface area (Å²) in [4.78, 5) is 0.237. The highest BCUT2D eigenvalue weighted by Crippen LogP contribution is 2.23. The van der Waals surface area contributed by atoms with Crippen molar-refractivity contribution in [1.29, 1.82) is 0 Å². The van der Waals surface area contributed by atoms with Crippen molar-refractivity contribution in [2.24, 2.45) is 0 Å². The number of aryl methyl sites for hydroxylation is 3. The molecule has 0 saturated carbocycles. The van der Waals surface area contributed by atoms with Crippen molar-refractivity contribution in [2.75, 3.05) is 6.61 Å². The molecule has 0 aliphatic heterocycles. The molecule has 142 valence electrons. The fraction of sp³-hybridized carbons (Fsp3) is 0.333. The topological polar surface area (TPSA) is 89.5 Å². The van der Waals surface area contributed by atoms with Crippen LogP contribution >= 0.6 is 0 Å². The molecule has 2 aromatic carbocycles. The van der Waals surface area contributed by atoms with Gasteiger partial charge in [0.15, 0.2) is 0 Å². The van der Waals surface area contributed by atoms with Crippen molar-refractivity contribution in [3.8, 4) is 0 Å². The summed E-state index contributed by atoms with van der Waals surface area (Å²) in [6, 6.07) is 10.7. The molecule has 26 heavy (non-hydrogen) atoms. The van der Waals surface area contributed by atoms with Gasteiger partial charge >= 0.3 is 0 Å². The molecule has 0 amide bonds. The standard InChI is InChI=1S/C18H23NO5S2/c1-13-10-14(2)18(15(3)11-13)26(22,23)24-12-16(4)19-25(20,21)17-8-6-5-7-9-17/h5-11,16,19H,12H2,1-4H3/t16-/m0/s1. The van der Waals surface area contributed by atoms with Crippen LogP contribution in [0.3, 0.4) is 0 Å². The van der Waals surface area contributed by atoms with Crippen LogP contribution in [-0.4, -0.2) is 29.5 Å². The Morgan fingerprint density at radius 3 is 2.04 bits per heavy atom. The number of nitrogens with one attached hydrogen (secondary N) is 1. The van der Waals surface area contributed by atoms with E-state index >= 15 is 0 Å². The Balaban J connectivity index is 2.11. The van der Waals surface area contributed by atoms with E-state index in [0.717, 1.165) is 5.56 Å². The average molecular weight is 398 g/mol. The van der Waals surface area contributed by atoms with Crippen LogP contribution in [0.15, 0.2) is 52.3 Å². The summed E-state index contributed by atoms with van der Waals surface area (Å²) in [7, 11) is -7.73. The molecule has 1 N–H and O–H groups in total. The maximum Gasteiger partial charge on any atom is 0.297 e. The number of sulfonamides is 1. The molecule has 0 bridgehead atoms. The predicted octanol–water partition coefficient (Wildman–Crippen LogP) is 2.68. The molecule has 0 aliphatic carbocycles. The fourth-order valence-electron chi connectivity index (χ4n) is 2.78. The monoisotopic (exact) mass is 397 g/mol. The maximum absolute atomic E-state index is 12.5. The van der Waals surface area contributed by atoms with Gasteiger partial charge in [0.25, 0.3) is 10.1 Å². The van der Waals surface area contributed by atoms with E-state index in [4.69, 9.17) is 4.18 Å². The van der Waals surface area contributed by atoms with E-state index < -0.39 is 26.2 Å². The van der Waals surface area contributed by atoms with Crippen LogP contribution in [0.2, 0.25) is 0 Å². The van der Waals surface area contributed by atoms with Crippen molar-refractivity contribution < 1.29 is 21.0 Å². The molecule has 0 saturated heterocycles. The van der Waals surface area contributed by atoms with Gasteiger partial charge in [0.1, 0.15) is 0 Å². The second-order valence-electron chi connectivity index (χ2n) is 6.30. The van der Waals surface area contributed by atoms with E-state index in [2.05, 4.69) is 4.72 Å². The summed E-state index contributed by atoms with van der Waals surface area (Å²) >= 11 is 0. The Bertz CT molecular complexity index is 960. The third-order valence-electron chi connectivity index (χ3n) is 3.74. The molecule has 0 aliphatic rings. The fourth-order valence-corrected chi connectivity index (χ4v) is 5.44. The van der Waals surface area contributed by atoms with Crippen molar-refractivity contribution in [1.82, 2.24) is 4.72 Å². The number of rotatable bonds is 7. The summed E-state index contributed by atoms with van der Waals surface area (Å²) < 4.78 is 57.1. The quantitative estimate of drug-likeness (QED) is 0.726. The Morgan fingerprint density at radius 2 is 1.50 bits per heavy atom. The first-order valence-electron chi connectivity index (χ1n) is 8.07. The van der Waals surface area contributed by atoms with Crippen molar-refractivity contribution in [3.63, 3.8) is 0 Å². The van der Waals surface area contributed by atoms with Gasteiger partial charge in [0.05, 0.1) is 16.4 Å². The molecule has 8 heteroatoms. The molecular formula is C18H23NO5S2. The molecule has 0 aromatic heterocycles. The lowest BCUT2D eigenvalue weighted by Gasteiger charge is -2.16. The van der Waals surface area contributed by atoms with Crippen LogP contribution in [0.1, 0.15) is 23.6 Å². The average Bonchev–Trinajstić information content (AvgIpc) is 2.52. The van der Waals surface area contributed by atoms with Crippen LogP contribution in [0.25, 0.3) is 0 Å². The maximum atomic E-state index is 12.5. The molecule has 0 unspecified atom stereocenters. The van der Waals surface area contributed by atoms with Crippen molar-refractivity contribution >= 4 is 20.1 Å². The highest BCUT2D eigenvalue weighted by molar-refractivity contribution is 7.89. The van der Waals surface area contributed by atoms with Gasteiger partial charge in [-0.05, 0) is 51.0 Å². The summed E-state index contributed by atoms with van der Waals surface area (Å²) in [6.45, 7) is 6.54. The highest BCUT2D eigenvalue weighted by Gasteiger charge is 2.24. The van der Waals surface area contributed by atoms with Gasteiger partial charge < -0.3 is 0 Å². The van der Waals surface area contributed by atoms with Gasteiger partial charge in [-0.25, -0.2) is 13.1 Å². The molecule has 0 spiro atoms. The summed E-state index contributed by atoms with van der Waals surface area (Å²) in [5, 5.41) is 0. The SMILES string of the molecule is Cc1cc(C)c(S(=O)(=O)OC[C@H](C)NS(=O)(=O)c2ccccc2)c(C)c1. The Morgan fingerprint density at radius 1 is 0.962 bits per heavy atom. The Hall–Kier alpha value is -1.74. The second kappa shape index (κ2) is 7.87. The van der Waals surface area contributed by atoms with Gasteiger partial charge in [0, 0.05) is 6.04 Å². The first kappa shape index (κ1) is 20.6. The minimum absolute atomic E-state index is 0.111. The van der Waals surface area contributed by atoms with Gasteiger partial charge in [-0.15, -0.1) is 0 Å². The zero-order valence-electron chi connectivity index (χ0n) is 15.2. The van der Waals surface area contributed by atoms with Crippen LogP contribution in [0.4, 0.5) is 0 Å². The number of hydrogen-bond acceptors (Lipinski definition) is 5. The van der Waals surface area contributed by atoms with Gasteiger partial charge in [-0.1, -0.05) is 35.9 Å². The number of hydrogen-bond donors (Lipinski definition) is 1. The van der Waals surface area contributed by atoms with Gasteiger partial charge in [-0.3, -0.25) is 4.18 Å². The van der Waals surface area contributed by atoms with Crippen molar-refractivity contribution in [2.45, 2.75) is 43.5 Å². The Kier molecular flexibility index (Phi) is 6.23. The van der Waals surface area contributed by atoms with E-state index in [1.54, 1.807) is 51.1 Å². The molecule has 0 fully saturated rings.